The van der Waals surface area contributed by atoms with Gasteiger partial charge in [-0.2, -0.15) is 0 Å². The zero-order valence-electron chi connectivity index (χ0n) is 18.6. The molecular weight excluding hydrogens is 614 g/mol. The predicted molar refractivity (Wildman–Crippen MR) is 151 cm³/mol. The van der Waals surface area contributed by atoms with Crippen molar-refractivity contribution in [1.82, 2.24) is 15.2 Å². The van der Waals surface area contributed by atoms with Crippen LogP contribution in [0.2, 0.25) is 4.34 Å². The van der Waals surface area contributed by atoms with Gasteiger partial charge in [0.1, 0.15) is 22.8 Å². The number of anilines is 1. The number of nitrogens with zero attached hydrogens (tertiary/aromatic N) is 3. The lowest BCUT2D eigenvalue weighted by Gasteiger charge is -2.49. The molecule has 2 atom stereocenters. The average Bonchev–Trinajstić information content (AvgIpc) is 3.47. The van der Waals surface area contributed by atoms with Crippen LogP contribution in [0.15, 0.2) is 54.4 Å². The number of carbonyl (C=O) groups is 3. The summed E-state index contributed by atoms with van der Waals surface area (Å²) < 4.78 is 2.03. The van der Waals surface area contributed by atoms with Crippen molar-refractivity contribution in [3.8, 4) is 0 Å². The van der Waals surface area contributed by atoms with E-state index in [0.29, 0.717) is 19.5 Å². The van der Waals surface area contributed by atoms with Crippen molar-refractivity contribution in [2.75, 3.05) is 11.5 Å². The maximum Gasteiger partial charge on any atom is 0.352 e. The number of nitrogens with one attached hydrogen (secondary N) is 1. The van der Waals surface area contributed by atoms with Crippen LogP contribution in [0.5, 0.6) is 0 Å². The summed E-state index contributed by atoms with van der Waals surface area (Å²) in [5, 5.41) is 27.8. The van der Waals surface area contributed by atoms with E-state index in [4.69, 9.17) is 17.3 Å². The summed E-state index contributed by atoms with van der Waals surface area (Å²) in [5.41, 5.74) is 5.28. The van der Waals surface area contributed by atoms with E-state index in [1.54, 1.807) is 17.6 Å². The molecular formula is C21H14ClN5O6S5. The molecule has 196 valence electrons. The quantitative estimate of drug-likeness (QED) is 0.100. The minimum Gasteiger partial charge on any atom is -0.477 e. The van der Waals surface area contributed by atoms with Gasteiger partial charge in [-0.15, -0.1) is 45.8 Å². The number of nitrogen functional groups attached to an aromatic ring is 1. The van der Waals surface area contributed by atoms with Crippen molar-refractivity contribution in [3.63, 3.8) is 0 Å². The molecule has 3 aromatic heterocycles. The van der Waals surface area contributed by atoms with Gasteiger partial charge in [0, 0.05) is 17.2 Å². The maximum atomic E-state index is 12.9. The Labute approximate surface area is 238 Å². The van der Waals surface area contributed by atoms with Crippen LogP contribution in [-0.2, 0) is 14.4 Å². The molecule has 0 radical (unpaired) electrons. The Kier molecular flexibility index (Phi) is 7.52. The summed E-state index contributed by atoms with van der Waals surface area (Å²) in [5.74, 6) is -2.48. The zero-order chi connectivity index (χ0) is 27.1. The molecule has 5 rings (SSSR count). The number of halogens is 1. The number of amides is 2. The van der Waals surface area contributed by atoms with Crippen LogP contribution < -0.4 is 16.5 Å². The number of thiophene rings is 1. The van der Waals surface area contributed by atoms with Crippen LogP contribution in [0.1, 0.15) is 5.69 Å². The fourth-order valence-corrected chi connectivity index (χ4v) is 9.33. The molecule has 0 aromatic carbocycles. The molecule has 2 amide bonds. The van der Waals surface area contributed by atoms with Gasteiger partial charge < -0.3 is 21.4 Å². The fourth-order valence-electron chi connectivity index (χ4n) is 3.73. The first-order chi connectivity index (χ1) is 18.2. The lowest BCUT2D eigenvalue weighted by molar-refractivity contribution is -0.150. The van der Waals surface area contributed by atoms with Crippen LogP contribution in [0.4, 0.5) is 5.13 Å². The number of nitrogens with two attached hydrogens (primary N) is 1. The third kappa shape index (κ3) is 4.94. The molecule has 17 heteroatoms. The third-order valence-electron chi connectivity index (χ3n) is 5.40. The minimum absolute atomic E-state index is 0.0508. The van der Waals surface area contributed by atoms with Gasteiger partial charge >= 0.3 is 5.97 Å². The van der Waals surface area contributed by atoms with Crippen molar-refractivity contribution in [3.05, 3.63) is 60.5 Å². The minimum atomic E-state index is -1.28. The number of hydrogen-bond donors (Lipinski definition) is 4. The van der Waals surface area contributed by atoms with Gasteiger partial charge in [0.05, 0.1) is 17.9 Å². The largest absolute Gasteiger partial charge is 0.477 e. The van der Waals surface area contributed by atoms with Crippen LogP contribution in [0.25, 0.3) is 9.40 Å². The molecule has 1 saturated heterocycles. The van der Waals surface area contributed by atoms with Crippen molar-refractivity contribution in [2.45, 2.75) is 15.6 Å². The number of carboxylic acids is 1. The van der Waals surface area contributed by atoms with Crippen molar-refractivity contribution >= 4 is 107 Å². The number of carbonyl (C=O) groups excluding carboxylic acids is 2. The van der Waals surface area contributed by atoms with E-state index in [0.717, 1.165) is 20.3 Å². The number of thiazole rings is 1. The molecule has 2 aliphatic rings. The SMILES string of the molecule is Nc1nc(C(=NO)C(=O)NC2C(=O)N3C(C(=O)O)=C(C=CSc4cc(=O)c5cc(Cl)sc5s4)CS[C@H]23)cs1. The summed E-state index contributed by atoms with van der Waals surface area (Å²) in [7, 11) is 0. The Morgan fingerprint density at radius 1 is 1.32 bits per heavy atom. The number of fused-ring (bicyclic) bond motifs is 2. The molecule has 0 spiro atoms. The summed E-state index contributed by atoms with van der Waals surface area (Å²) in [4.78, 5) is 55.0. The van der Waals surface area contributed by atoms with Gasteiger partial charge in [0.2, 0.25) is 0 Å². The van der Waals surface area contributed by atoms with E-state index < -0.39 is 34.9 Å². The summed E-state index contributed by atoms with van der Waals surface area (Å²) in [6.07, 6.45) is 1.60. The van der Waals surface area contributed by atoms with Gasteiger partial charge in [0.25, 0.3) is 11.8 Å². The summed E-state index contributed by atoms with van der Waals surface area (Å²) in [6.45, 7) is 0. The first-order valence-electron chi connectivity index (χ1n) is 10.4. The van der Waals surface area contributed by atoms with E-state index >= 15 is 0 Å². The van der Waals surface area contributed by atoms with Crippen molar-refractivity contribution < 1.29 is 24.7 Å². The first kappa shape index (κ1) is 26.7. The predicted octanol–water partition coefficient (Wildman–Crippen LogP) is 3.24. The molecule has 3 aromatic rings. The highest BCUT2D eigenvalue weighted by molar-refractivity contribution is 8.04. The van der Waals surface area contributed by atoms with Crippen LogP contribution in [0, 0.1) is 0 Å². The van der Waals surface area contributed by atoms with E-state index in [1.807, 2.05) is 0 Å². The number of carboxylic acid groups (broad SMARTS) is 1. The molecule has 0 aliphatic carbocycles. The summed E-state index contributed by atoms with van der Waals surface area (Å²) >= 11 is 12.3. The van der Waals surface area contributed by atoms with E-state index in [1.165, 1.54) is 57.6 Å². The highest BCUT2D eigenvalue weighted by atomic mass is 35.5. The van der Waals surface area contributed by atoms with Gasteiger partial charge in [-0.3, -0.25) is 19.3 Å². The van der Waals surface area contributed by atoms with E-state index in [2.05, 4.69) is 15.5 Å². The number of rotatable bonds is 7. The van der Waals surface area contributed by atoms with Crippen molar-refractivity contribution in [1.29, 1.82) is 0 Å². The van der Waals surface area contributed by atoms with Gasteiger partial charge in [-0.1, -0.05) is 28.5 Å². The number of oxime groups is 1. The highest BCUT2D eigenvalue weighted by Crippen LogP contribution is 2.41. The second kappa shape index (κ2) is 10.7. The van der Waals surface area contributed by atoms with Crippen LogP contribution >= 0.6 is 69.1 Å². The lowest BCUT2D eigenvalue weighted by Crippen LogP contribution is -2.71. The average molecular weight is 628 g/mol. The molecule has 38 heavy (non-hydrogen) atoms. The standard InChI is InChI=1S/C21H14ClN5O6S5/c22-11-3-8-10(28)4-12(38-20(8)37-11)34-2-1-7-5-35-18-14(17(30)27(18)15(7)19(31)32)25-16(29)13(26-33)9-6-36-21(23)24-9/h1-4,6,14,18,33H,5H2,(H2,23,24)(H,25,29)(H,31,32)/t14?,18-/m1/s1. The number of β-lactam (4-membered cyclic amide) rings is 1. The van der Waals surface area contributed by atoms with Crippen LogP contribution in [0.3, 0.4) is 0 Å². The fraction of sp³-hybridized carbons (Fsp3) is 0.143. The molecule has 1 unspecified atom stereocenters. The van der Waals surface area contributed by atoms with Crippen molar-refractivity contribution in [2.24, 2.45) is 5.16 Å². The molecule has 5 N–H and O–H groups in total. The third-order valence-corrected chi connectivity index (χ3v) is 10.8. The highest BCUT2D eigenvalue weighted by Gasteiger charge is 2.54. The lowest BCUT2D eigenvalue weighted by atomic mass is 10.0. The molecule has 0 bridgehead atoms. The number of thioether (sulfide) groups is 2. The molecule has 0 saturated carbocycles. The molecule has 1 fully saturated rings. The Bertz CT molecular complexity index is 1640. The molecule has 2 aliphatic heterocycles. The molecule has 11 nitrogen and oxygen atoms in total. The number of aliphatic carboxylic acids is 1. The topological polar surface area (TPSA) is 175 Å². The normalized spacial score (nSPS) is 19.7. The van der Waals surface area contributed by atoms with E-state index in [-0.39, 0.29) is 27.7 Å². The Morgan fingerprint density at radius 2 is 2.11 bits per heavy atom. The smallest absolute Gasteiger partial charge is 0.352 e. The monoisotopic (exact) mass is 627 g/mol. The van der Waals surface area contributed by atoms with Gasteiger partial charge in [-0.25, -0.2) is 9.78 Å². The van der Waals surface area contributed by atoms with E-state index in [9.17, 15) is 29.5 Å². The molecule has 5 heterocycles. The summed E-state index contributed by atoms with van der Waals surface area (Å²) in [6, 6.07) is 2.12. The van der Waals surface area contributed by atoms with Gasteiger partial charge in [0.15, 0.2) is 16.3 Å². The Morgan fingerprint density at radius 3 is 2.79 bits per heavy atom. The maximum absolute atomic E-state index is 12.9. The number of aromatic nitrogens is 1. The second-order valence-electron chi connectivity index (χ2n) is 7.66. The Hall–Kier alpha value is -2.89. The number of allylic oxidation sites excluding steroid dienone is 1. The Balaban J connectivity index is 1.31. The second-order valence-corrected chi connectivity index (χ2v) is 13.9. The first-order valence-corrected chi connectivity index (χ1v) is 15.2. The zero-order valence-corrected chi connectivity index (χ0v) is 23.5. The van der Waals surface area contributed by atoms with Crippen LogP contribution in [-0.4, -0.2) is 60.9 Å². The van der Waals surface area contributed by atoms with Gasteiger partial charge in [-0.05, 0) is 23.1 Å². The number of hydrogen-bond acceptors (Lipinski definition) is 13.